The lowest BCUT2D eigenvalue weighted by molar-refractivity contribution is 0.171. The molecule has 0 fully saturated rings. The van der Waals surface area contributed by atoms with E-state index in [4.69, 9.17) is 9.47 Å². The zero-order valence-electron chi connectivity index (χ0n) is 15.9. The van der Waals surface area contributed by atoms with Gasteiger partial charge in [0.05, 0.1) is 11.0 Å². The maximum Gasteiger partial charge on any atom is 0.260 e. The fourth-order valence-corrected chi connectivity index (χ4v) is 5.33. The van der Waals surface area contributed by atoms with Crippen molar-refractivity contribution in [3.05, 3.63) is 50.4 Å². The van der Waals surface area contributed by atoms with E-state index in [-0.39, 0.29) is 5.56 Å². The molecule has 1 atom stereocenters. The number of ether oxygens (including phenoxy) is 2. The molecule has 0 amide bonds. The molecule has 2 aliphatic rings. The van der Waals surface area contributed by atoms with Crippen molar-refractivity contribution in [2.24, 2.45) is 5.92 Å². The number of nitrogens with zero attached hydrogens (tertiary/aromatic N) is 2. The van der Waals surface area contributed by atoms with Gasteiger partial charge in [-0.25, -0.2) is 4.98 Å². The van der Waals surface area contributed by atoms with E-state index in [1.54, 1.807) is 17.4 Å². The number of nitrogens with one attached hydrogen (secondary N) is 1. The Labute approximate surface area is 171 Å². The number of aromatic nitrogens is 2. The van der Waals surface area contributed by atoms with Crippen LogP contribution >= 0.6 is 11.3 Å². The second-order valence-corrected chi connectivity index (χ2v) is 8.60. The number of aryl methyl sites for hydroxylation is 1. The van der Waals surface area contributed by atoms with E-state index in [9.17, 15) is 10.1 Å². The van der Waals surface area contributed by atoms with Gasteiger partial charge in [0.1, 0.15) is 24.1 Å². The van der Waals surface area contributed by atoms with Gasteiger partial charge in [-0.15, -0.1) is 11.3 Å². The second-order valence-electron chi connectivity index (χ2n) is 7.52. The molecule has 6 nitrogen and oxygen atoms in total. The van der Waals surface area contributed by atoms with Crippen molar-refractivity contribution in [3.63, 3.8) is 0 Å². The summed E-state index contributed by atoms with van der Waals surface area (Å²) in [6.45, 7) is 3.26. The molecule has 146 valence electrons. The Morgan fingerprint density at radius 2 is 2.17 bits per heavy atom. The molecule has 0 saturated heterocycles. The molecule has 5 rings (SSSR count). The van der Waals surface area contributed by atoms with Gasteiger partial charge in [-0.2, -0.15) is 5.26 Å². The average molecular weight is 405 g/mol. The van der Waals surface area contributed by atoms with Crippen molar-refractivity contribution in [1.82, 2.24) is 9.97 Å². The molecule has 29 heavy (non-hydrogen) atoms. The van der Waals surface area contributed by atoms with Crippen molar-refractivity contribution in [1.29, 1.82) is 5.26 Å². The SMILES string of the molecule is CC1CCc2c(sc3nc(C(C#N)=Cc4ccc5c(c4)OCCO5)[nH]c(=O)c23)C1. The summed E-state index contributed by atoms with van der Waals surface area (Å²) >= 11 is 1.58. The summed E-state index contributed by atoms with van der Waals surface area (Å²) in [6.07, 6.45) is 4.70. The number of rotatable bonds is 2. The van der Waals surface area contributed by atoms with Crippen LogP contribution in [0.5, 0.6) is 11.5 Å². The molecule has 0 saturated carbocycles. The summed E-state index contributed by atoms with van der Waals surface area (Å²) in [5, 5.41) is 10.4. The van der Waals surface area contributed by atoms with Gasteiger partial charge in [-0.3, -0.25) is 4.79 Å². The summed E-state index contributed by atoms with van der Waals surface area (Å²) in [7, 11) is 0. The monoisotopic (exact) mass is 405 g/mol. The third kappa shape index (κ3) is 3.19. The van der Waals surface area contributed by atoms with Crippen LogP contribution in [0.25, 0.3) is 21.9 Å². The third-order valence-corrected chi connectivity index (χ3v) is 6.57. The van der Waals surface area contributed by atoms with Crippen molar-refractivity contribution in [2.45, 2.75) is 26.2 Å². The molecule has 2 aromatic heterocycles. The van der Waals surface area contributed by atoms with E-state index >= 15 is 0 Å². The Balaban J connectivity index is 1.58. The highest BCUT2D eigenvalue weighted by molar-refractivity contribution is 7.18. The van der Waals surface area contributed by atoms with E-state index in [0.717, 1.165) is 30.4 Å². The number of thiophene rings is 1. The maximum atomic E-state index is 12.8. The first kappa shape index (κ1) is 18.0. The maximum absolute atomic E-state index is 12.8. The van der Waals surface area contributed by atoms with Gasteiger partial charge in [-0.1, -0.05) is 13.0 Å². The number of aromatic amines is 1. The molecule has 0 bridgehead atoms. The van der Waals surface area contributed by atoms with E-state index in [2.05, 4.69) is 23.0 Å². The average Bonchev–Trinajstić information content (AvgIpc) is 3.09. The van der Waals surface area contributed by atoms with Crippen LogP contribution in [-0.2, 0) is 12.8 Å². The quantitative estimate of drug-likeness (QED) is 0.653. The highest BCUT2D eigenvalue weighted by Crippen LogP contribution is 2.36. The van der Waals surface area contributed by atoms with Gasteiger partial charge in [0, 0.05) is 4.88 Å². The molecule has 7 heteroatoms. The van der Waals surface area contributed by atoms with Gasteiger partial charge in [0.2, 0.25) is 0 Å². The van der Waals surface area contributed by atoms with Crippen LogP contribution in [0.2, 0.25) is 0 Å². The third-order valence-electron chi connectivity index (χ3n) is 5.42. The predicted octanol–water partition coefficient (Wildman–Crippen LogP) is 3.94. The molecule has 3 aromatic rings. The number of fused-ring (bicyclic) bond motifs is 4. The normalized spacial score (nSPS) is 18.3. The lowest BCUT2D eigenvalue weighted by atomic mass is 9.89. The highest BCUT2D eigenvalue weighted by Gasteiger charge is 2.23. The fraction of sp³-hybridized carbons (Fsp3) is 0.318. The minimum Gasteiger partial charge on any atom is -0.486 e. The first-order valence-corrected chi connectivity index (χ1v) is 10.5. The molecule has 1 aromatic carbocycles. The molecular weight excluding hydrogens is 386 g/mol. The van der Waals surface area contributed by atoms with Gasteiger partial charge in [-0.05, 0) is 54.5 Å². The van der Waals surface area contributed by atoms with Crippen molar-refractivity contribution >= 4 is 33.2 Å². The zero-order valence-corrected chi connectivity index (χ0v) is 16.8. The summed E-state index contributed by atoms with van der Waals surface area (Å²) in [5.41, 5.74) is 2.06. The number of nitriles is 1. The fourth-order valence-electron chi connectivity index (χ4n) is 3.95. The van der Waals surface area contributed by atoms with Crippen molar-refractivity contribution < 1.29 is 9.47 Å². The van der Waals surface area contributed by atoms with Crippen LogP contribution in [0.4, 0.5) is 0 Å². The minimum absolute atomic E-state index is 0.166. The molecule has 1 unspecified atom stereocenters. The lowest BCUT2D eigenvalue weighted by Gasteiger charge is -2.18. The zero-order chi connectivity index (χ0) is 20.0. The molecule has 1 N–H and O–H groups in total. The largest absolute Gasteiger partial charge is 0.486 e. The van der Waals surface area contributed by atoms with E-state index in [1.807, 2.05) is 18.2 Å². The highest BCUT2D eigenvalue weighted by atomic mass is 32.1. The van der Waals surface area contributed by atoms with E-state index in [0.29, 0.717) is 52.2 Å². The van der Waals surface area contributed by atoms with Crippen LogP contribution in [0.15, 0.2) is 23.0 Å². The summed E-state index contributed by atoms with van der Waals surface area (Å²) in [4.78, 5) is 22.2. The predicted molar refractivity (Wildman–Crippen MR) is 112 cm³/mol. The number of H-pyrrole nitrogens is 1. The van der Waals surface area contributed by atoms with E-state index < -0.39 is 0 Å². The molecule has 1 aliphatic heterocycles. The first-order valence-electron chi connectivity index (χ1n) is 9.69. The van der Waals surface area contributed by atoms with Gasteiger partial charge in [0.25, 0.3) is 5.56 Å². The van der Waals surface area contributed by atoms with E-state index in [1.165, 1.54) is 4.88 Å². The number of hydrogen-bond donors (Lipinski definition) is 1. The van der Waals surface area contributed by atoms with Crippen LogP contribution < -0.4 is 15.0 Å². The van der Waals surface area contributed by atoms with Gasteiger partial charge in [0.15, 0.2) is 17.3 Å². The van der Waals surface area contributed by atoms with Crippen LogP contribution in [-0.4, -0.2) is 23.2 Å². The van der Waals surface area contributed by atoms with Gasteiger partial charge < -0.3 is 14.5 Å². The smallest absolute Gasteiger partial charge is 0.260 e. The molecule has 0 spiro atoms. The van der Waals surface area contributed by atoms with Crippen LogP contribution in [0.1, 0.15) is 35.2 Å². The Hall–Kier alpha value is -3.11. The summed E-state index contributed by atoms with van der Waals surface area (Å²) in [6, 6.07) is 7.67. The standard InChI is InChI=1S/C22H19N3O3S/c1-12-2-4-15-18(8-12)29-22-19(15)21(26)24-20(25-22)14(11-23)9-13-3-5-16-17(10-13)28-7-6-27-16/h3,5,9-10,12H,2,4,6-8H2,1H3,(H,24,25,26). The Morgan fingerprint density at radius 3 is 3.00 bits per heavy atom. The Bertz CT molecular complexity index is 1250. The van der Waals surface area contributed by atoms with Crippen LogP contribution in [0, 0.1) is 17.2 Å². The first-order chi connectivity index (χ1) is 14.1. The molecule has 3 heterocycles. The summed E-state index contributed by atoms with van der Waals surface area (Å²) < 4.78 is 11.1. The second kappa shape index (κ2) is 7.05. The summed E-state index contributed by atoms with van der Waals surface area (Å²) in [5.74, 6) is 2.27. The van der Waals surface area contributed by atoms with Crippen molar-refractivity contribution in [2.75, 3.05) is 13.2 Å². The molecule has 0 radical (unpaired) electrons. The van der Waals surface area contributed by atoms with Crippen LogP contribution in [0.3, 0.4) is 0 Å². The Kier molecular flexibility index (Phi) is 4.36. The number of hydrogen-bond acceptors (Lipinski definition) is 6. The number of allylic oxidation sites excluding steroid dienone is 1. The topological polar surface area (TPSA) is 88.0 Å². The Morgan fingerprint density at radius 1 is 1.34 bits per heavy atom. The molecule has 1 aliphatic carbocycles. The number of benzene rings is 1. The molecular formula is C22H19N3O3S. The lowest BCUT2D eigenvalue weighted by Crippen LogP contribution is -2.15. The van der Waals surface area contributed by atoms with Gasteiger partial charge >= 0.3 is 0 Å². The minimum atomic E-state index is -0.166. The van der Waals surface area contributed by atoms with Crippen molar-refractivity contribution in [3.8, 4) is 17.6 Å².